The van der Waals surface area contributed by atoms with Gasteiger partial charge in [-0.3, -0.25) is 0 Å². The van der Waals surface area contributed by atoms with E-state index in [9.17, 15) is 0 Å². The fourth-order valence-corrected chi connectivity index (χ4v) is 2.75. The van der Waals surface area contributed by atoms with E-state index in [-0.39, 0.29) is 0 Å². The van der Waals surface area contributed by atoms with Crippen LogP contribution in [0.1, 0.15) is 16.7 Å². The SMILES string of the molecule is Cc1ccc(C)c(SCCOc2ccc(C#N)cc2)c1. The summed E-state index contributed by atoms with van der Waals surface area (Å²) in [6, 6.07) is 15.8. The van der Waals surface area contributed by atoms with E-state index in [2.05, 4.69) is 38.1 Å². The summed E-state index contributed by atoms with van der Waals surface area (Å²) in [4.78, 5) is 1.31. The Morgan fingerprint density at radius 1 is 1.10 bits per heavy atom. The van der Waals surface area contributed by atoms with Gasteiger partial charge in [-0.1, -0.05) is 17.7 Å². The van der Waals surface area contributed by atoms with Crippen LogP contribution in [0.5, 0.6) is 5.75 Å². The Morgan fingerprint density at radius 2 is 1.85 bits per heavy atom. The van der Waals surface area contributed by atoms with Crippen LogP contribution in [0.15, 0.2) is 47.4 Å². The average molecular weight is 283 g/mol. The first kappa shape index (κ1) is 14.5. The Bertz CT molecular complexity index is 614. The van der Waals surface area contributed by atoms with Crippen LogP contribution in [0.25, 0.3) is 0 Å². The monoisotopic (exact) mass is 283 g/mol. The van der Waals surface area contributed by atoms with E-state index in [1.165, 1.54) is 16.0 Å². The molecule has 20 heavy (non-hydrogen) atoms. The van der Waals surface area contributed by atoms with E-state index < -0.39 is 0 Å². The molecule has 0 aliphatic rings. The molecule has 3 heteroatoms. The zero-order valence-electron chi connectivity index (χ0n) is 11.7. The second kappa shape index (κ2) is 7.02. The maximum Gasteiger partial charge on any atom is 0.119 e. The standard InChI is InChI=1S/C17H17NOS/c1-13-3-4-14(2)17(11-13)20-10-9-19-16-7-5-15(12-18)6-8-16/h3-8,11H,9-10H2,1-2H3. The van der Waals surface area contributed by atoms with Crippen LogP contribution in [0.2, 0.25) is 0 Å². The van der Waals surface area contributed by atoms with E-state index in [1.54, 1.807) is 12.1 Å². The lowest BCUT2D eigenvalue weighted by atomic mass is 10.2. The number of benzene rings is 2. The lowest BCUT2D eigenvalue weighted by molar-refractivity contribution is 0.344. The number of ether oxygens (including phenoxy) is 1. The molecule has 0 saturated carbocycles. The number of hydrogen-bond donors (Lipinski definition) is 0. The molecule has 0 spiro atoms. The fourth-order valence-electron chi connectivity index (χ4n) is 1.80. The molecule has 0 atom stereocenters. The Balaban J connectivity index is 1.81. The normalized spacial score (nSPS) is 10.1. The van der Waals surface area contributed by atoms with E-state index in [4.69, 9.17) is 10.00 Å². The molecular weight excluding hydrogens is 266 g/mol. The van der Waals surface area contributed by atoms with Crippen LogP contribution in [0.3, 0.4) is 0 Å². The first-order valence-corrected chi connectivity index (χ1v) is 7.50. The molecular formula is C17H17NOS. The molecule has 2 aromatic rings. The van der Waals surface area contributed by atoms with Crippen LogP contribution in [0, 0.1) is 25.2 Å². The first-order chi connectivity index (χ1) is 9.69. The molecule has 0 radical (unpaired) electrons. The van der Waals surface area contributed by atoms with Gasteiger partial charge in [0.1, 0.15) is 5.75 Å². The van der Waals surface area contributed by atoms with E-state index in [1.807, 2.05) is 23.9 Å². The van der Waals surface area contributed by atoms with Crippen LogP contribution >= 0.6 is 11.8 Å². The van der Waals surface area contributed by atoms with Crippen molar-refractivity contribution in [1.29, 1.82) is 5.26 Å². The highest BCUT2D eigenvalue weighted by Gasteiger charge is 2.00. The van der Waals surface area contributed by atoms with Crippen molar-refractivity contribution in [2.75, 3.05) is 12.4 Å². The van der Waals surface area contributed by atoms with Crippen molar-refractivity contribution in [3.63, 3.8) is 0 Å². The third-order valence-electron chi connectivity index (χ3n) is 2.94. The van der Waals surface area contributed by atoms with Gasteiger partial charge in [-0.2, -0.15) is 5.26 Å². The van der Waals surface area contributed by atoms with Crippen molar-refractivity contribution in [2.45, 2.75) is 18.7 Å². The molecule has 0 aliphatic heterocycles. The lowest BCUT2D eigenvalue weighted by Gasteiger charge is -2.08. The van der Waals surface area contributed by atoms with Gasteiger partial charge in [-0.15, -0.1) is 11.8 Å². The quantitative estimate of drug-likeness (QED) is 0.604. The Labute approximate surface area is 124 Å². The van der Waals surface area contributed by atoms with Crippen molar-refractivity contribution in [3.05, 3.63) is 59.2 Å². The van der Waals surface area contributed by atoms with Crippen LogP contribution in [-0.2, 0) is 0 Å². The summed E-state index contributed by atoms with van der Waals surface area (Å²) < 4.78 is 5.67. The summed E-state index contributed by atoms with van der Waals surface area (Å²) in [6.45, 7) is 4.89. The number of aryl methyl sites for hydroxylation is 2. The lowest BCUT2D eigenvalue weighted by Crippen LogP contribution is -2.00. The molecule has 0 saturated heterocycles. The summed E-state index contributed by atoms with van der Waals surface area (Å²) in [6.07, 6.45) is 0. The predicted molar refractivity (Wildman–Crippen MR) is 83.3 cm³/mol. The first-order valence-electron chi connectivity index (χ1n) is 6.52. The number of nitriles is 1. The van der Waals surface area contributed by atoms with Gasteiger partial charge < -0.3 is 4.74 Å². The molecule has 0 bridgehead atoms. The van der Waals surface area contributed by atoms with Crippen molar-refractivity contribution in [2.24, 2.45) is 0 Å². The summed E-state index contributed by atoms with van der Waals surface area (Å²) in [7, 11) is 0. The molecule has 2 rings (SSSR count). The zero-order chi connectivity index (χ0) is 14.4. The predicted octanol–water partition coefficient (Wildman–Crippen LogP) is 4.35. The zero-order valence-corrected chi connectivity index (χ0v) is 12.5. The molecule has 0 unspecified atom stereocenters. The molecule has 2 aromatic carbocycles. The Morgan fingerprint density at radius 3 is 2.55 bits per heavy atom. The number of rotatable bonds is 5. The second-order valence-electron chi connectivity index (χ2n) is 4.60. The molecule has 0 aromatic heterocycles. The number of hydrogen-bond acceptors (Lipinski definition) is 3. The molecule has 0 fully saturated rings. The summed E-state index contributed by atoms with van der Waals surface area (Å²) in [5, 5.41) is 8.72. The maximum absolute atomic E-state index is 8.72. The van der Waals surface area contributed by atoms with Crippen molar-refractivity contribution in [1.82, 2.24) is 0 Å². The highest BCUT2D eigenvalue weighted by Crippen LogP contribution is 2.23. The maximum atomic E-state index is 8.72. The third-order valence-corrected chi connectivity index (χ3v) is 4.06. The largest absolute Gasteiger partial charge is 0.493 e. The highest BCUT2D eigenvalue weighted by molar-refractivity contribution is 7.99. The fraction of sp³-hybridized carbons (Fsp3) is 0.235. The smallest absolute Gasteiger partial charge is 0.119 e. The summed E-state index contributed by atoms with van der Waals surface area (Å²) in [5.41, 5.74) is 3.24. The van der Waals surface area contributed by atoms with Gasteiger partial charge in [0.25, 0.3) is 0 Å². The molecule has 2 nitrogen and oxygen atoms in total. The summed E-state index contributed by atoms with van der Waals surface area (Å²) in [5.74, 6) is 1.72. The molecule has 102 valence electrons. The minimum Gasteiger partial charge on any atom is -0.493 e. The van der Waals surface area contributed by atoms with E-state index in [0.29, 0.717) is 12.2 Å². The Kier molecular flexibility index (Phi) is 5.09. The van der Waals surface area contributed by atoms with Crippen LogP contribution in [-0.4, -0.2) is 12.4 Å². The minimum atomic E-state index is 0.655. The minimum absolute atomic E-state index is 0.655. The number of nitrogens with zero attached hydrogens (tertiary/aromatic N) is 1. The van der Waals surface area contributed by atoms with Gasteiger partial charge in [0.2, 0.25) is 0 Å². The van der Waals surface area contributed by atoms with Gasteiger partial charge >= 0.3 is 0 Å². The van der Waals surface area contributed by atoms with Gasteiger partial charge in [0, 0.05) is 10.6 Å². The van der Waals surface area contributed by atoms with Crippen molar-refractivity contribution >= 4 is 11.8 Å². The van der Waals surface area contributed by atoms with Gasteiger partial charge in [0.15, 0.2) is 0 Å². The van der Waals surface area contributed by atoms with Gasteiger partial charge in [0.05, 0.1) is 18.2 Å². The highest BCUT2D eigenvalue weighted by atomic mass is 32.2. The van der Waals surface area contributed by atoms with Gasteiger partial charge in [-0.25, -0.2) is 0 Å². The van der Waals surface area contributed by atoms with E-state index >= 15 is 0 Å². The van der Waals surface area contributed by atoms with Crippen molar-refractivity contribution < 1.29 is 4.74 Å². The van der Waals surface area contributed by atoms with Crippen molar-refractivity contribution in [3.8, 4) is 11.8 Å². The average Bonchev–Trinajstić information content (AvgIpc) is 2.47. The van der Waals surface area contributed by atoms with E-state index in [0.717, 1.165) is 11.5 Å². The van der Waals surface area contributed by atoms with Crippen LogP contribution in [0.4, 0.5) is 0 Å². The number of thioether (sulfide) groups is 1. The Hall–Kier alpha value is -1.92. The summed E-state index contributed by atoms with van der Waals surface area (Å²) >= 11 is 1.81. The molecule has 0 N–H and O–H groups in total. The topological polar surface area (TPSA) is 33.0 Å². The van der Waals surface area contributed by atoms with Gasteiger partial charge in [-0.05, 0) is 49.7 Å². The van der Waals surface area contributed by atoms with Crippen LogP contribution < -0.4 is 4.74 Å². The molecule has 0 aliphatic carbocycles. The molecule has 0 heterocycles. The molecule has 0 amide bonds. The third kappa shape index (κ3) is 4.04. The second-order valence-corrected chi connectivity index (χ2v) is 5.74.